The van der Waals surface area contributed by atoms with E-state index in [1.54, 1.807) is 30.6 Å². The van der Waals surface area contributed by atoms with Gasteiger partial charge in [0.15, 0.2) is 10.7 Å². The topological polar surface area (TPSA) is 43.6 Å². The average molecular weight is 272 g/mol. The van der Waals surface area contributed by atoms with Gasteiger partial charge in [-0.3, -0.25) is 9.20 Å². The molecule has 2 heterocycles. The molecule has 19 heavy (non-hydrogen) atoms. The molecule has 1 aromatic carbocycles. The Morgan fingerprint density at radius 1 is 1.47 bits per heavy atom. The predicted octanol–water partition coefficient (Wildman–Crippen LogP) is 2.83. The van der Waals surface area contributed by atoms with Crippen LogP contribution in [-0.2, 0) is 6.42 Å². The molecule has 3 rings (SSSR count). The summed E-state index contributed by atoms with van der Waals surface area (Å²) in [7, 11) is 1.59. The maximum absolute atomic E-state index is 12.2. The largest absolute Gasteiger partial charge is 0.497 e. The minimum atomic E-state index is 0.0460. The van der Waals surface area contributed by atoms with Gasteiger partial charge in [-0.15, -0.1) is 11.3 Å². The van der Waals surface area contributed by atoms with Gasteiger partial charge in [0.25, 0.3) is 0 Å². The number of hydrogen-bond acceptors (Lipinski definition) is 4. The molecular formula is C14H12N2O2S. The first-order chi connectivity index (χ1) is 9.26. The minimum Gasteiger partial charge on any atom is -0.497 e. The van der Waals surface area contributed by atoms with Crippen molar-refractivity contribution in [1.29, 1.82) is 0 Å². The second-order valence-corrected chi connectivity index (χ2v) is 5.03. The minimum absolute atomic E-state index is 0.0460. The molecular weight excluding hydrogens is 260 g/mol. The van der Waals surface area contributed by atoms with Crippen molar-refractivity contribution < 1.29 is 9.53 Å². The summed E-state index contributed by atoms with van der Waals surface area (Å²) in [6.07, 6.45) is 4.14. The van der Waals surface area contributed by atoms with Crippen molar-refractivity contribution >= 4 is 22.1 Å². The van der Waals surface area contributed by atoms with E-state index in [0.29, 0.717) is 17.7 Å². The molecule has 0 saturated heterocycles. The smallest absolute Gasteiger partial charge is 0.193 e. The number of methoxy groups -OCH3 is 1. The van der Waals surface area contributed by atoms with Crippen LogP contribution in [-0.4, -0.2) is 22.3 Å². The van der Waals surface area contributed by atoms with Gasteiger partial charge in [0.2, 0.25) is 0 Å². The first kappa shape index (κ1) is 11.9. The second-order valence-electron chi connectivity index (χ2n) is 4.16. The van der Waals surface area contributed by atoms with E-state index < -0.39 is 0 Å². The lowest BCUT2D eigenvalue weighted by molar-refractivity contribution is 0.0991. The molecule has 0 radical (unpaired) electrons. The molecule has 0 atom stereocenters. The molecule has 0 saturated carbocycles. The number of hydrogen-bond donors (Lipinski definition) is 0. The van der Waals surface area contributed by atoms with Crippen LogP contribution >= 0.6 is 11.3 Å². The summed E-state index contributed by atoms with van der Waals surface area (Å²) in [5, 5.41) is 1.97. The molecule has 0 bridgehead atoms. The Morgan fingerprint density at radius 2 is 2.37 bits per heavy atom. The van der Waals surface area contributed by atoms with E-state index in [4.69, 9.17) is 4.74 Å². The Kier molecular flexibility index (Phi) is 3.05. The van der Waals surface area contributed by atoms with Crippen molar-refractivity contribution in [2.75, 3.05) is 7.11 Å². The fraction of sp³-hybridized carbons (Fsp3) is 0.143. The SMILES string of the molecule is COc1cccc(C(=O)Cc2cn3ccsc3n2)c1. The highest BCUT2D eigenvalue weighted by molar-refractivity contribution is 7.15. The van der Waals surface area contributed by atoms with Crippen molar-refractivity contribution in [2.24, 2.45) is 0 Å². The molecule has 0 fully saturated rings. The summed E-state index contributed by atoms with van der Waals surface area (Å²) < 4.78 is 7.05. The third kappa shape index (κ3) is 2.37. The molecule has 0 spiro atoms. The summed E-state index contributed by atoms with van der Waals surface area (Å²) in [6.45, 7) is 0. The van der Waals surface area contributed by atoms with E-state index in [2.05, 4.69) is 4.98 Å². The number of ether oxygens (including phenoxy) is 1. The average Bonchev–Trinajstić information content (AvgIpc) is 2.99. The van der Waals surface area contributed by atoms with Crippen LogP contribution in [0.25, 0.3) is 4.96 Å². The van der Waals surface area contributed by atoms with Gasteiger partial charge in [-0.2, -0.15) is 0 Å². The lowest BCUT2D eigenvalue weighted by Gasteiger charge is -2.02. The maximum atomic E-state index is 12.2. The standard InChI is InChI=1S/C14H12N2O2S/c1-18-12-4-2-3-10(7-12)13(17)8-11-9-16-5-6-19-14(16)15-11/h2-7,9H,8H2,1H3. The van der Waals surface area contributed by atoms with Gasteiger partial charge in [0.05, 0.1) is 19.2 Å². The van der Waals surface area contributed by atoms with E-state index in [1.807, 2.05) is 34.3 Å². The number of carbonyl (C=O) groups is 1. The Balaban J connectivity index is 1.82. The fourth-order valence-electron chi connectivity index (χ4n) is 1.92. The van der Waals surface area contributed by atoms with E-state index in [9.17, 15) is 4.79 Å². The van der Waals surface area contributed by atoms with Crippen molar-refractivity contribution in [3.05, 3.63) is 53.3 Å². The lowest BCUT2D eigenvalue weighted by atomic mass is 10.1. The molecule has 0 amide bonds. The molecule has 0 aliphatic heterocycles. The van der Waals surface area contributed by atoms with E-state index >= 15 is 0 Å². The second kappa shape index (κ2) is 4.85. The molecule has 96 valence electrons. The van der Waals surface area contributed by atoms with Crippen molar-refractivity contribution in [2.45, 2.75) is 6.42 Å². The zero-order chi connectivity index (χ0) is 13.2. The van der Waals surface area contributed by atoms with Gasteiger partial charge in [0, 0.05) is 23.3 Å². The van der Waals surface area contributed by atoms with Crippen LogP contribution in [0.3, 0.4) is 0 Å². The van der Waals surface area contributed by atoms with Crippen LogP contribution in [0.5, 0.6) is 5.75 Å². The third-order valence-corrected chi connectivity index (χ3v) is 3.65. The molecule has 2 aromatic heterocycles. The Hall–Kier alpha value is -2.14. The molecule has 0 aliphatic carbocycles. The molecule has 0 unspecified atom stereocenters. The maximum Gasteiger partial charge on any atom is 0.193 e. The number of imidazole rings is 1. The van der Waals surface area contributed by atoms with Crippen LogP contribution in [0.2, 0.25) is 0 Å². The number of fused-ring (bicyclic) bond motifs is 1. The van der Waals surface area contributed by atoms with Gasteiger partial charge in [0.1, 0.15) is 5.75 Å². The Morgan fingerprint density at radius 3 is 3.16 bits per heavy atom. The van der Waals surface area contributed by atoms with Crippen LogP contribution in [0.4, 0.5) is 0 Å². The zero-order valence-electron chi connectivity index (χ0n) is 10.4. The first-order valence-corrected chi connectivity index (χ1v) is 6.72. The van der Waals surface area contributed by atoms with Crippen molar-refractivity contribution in [3.63, 3.8) is 0 Å². The van der Waals surface area contributed by atoms with E-state index in [-0.39, 0.29) is 5.78 Å². The summed E-state index contributed by atoms with van der Waals surface area (Å²) in [4.78, 5) is 17.5. The highest BCUT2D eigenvalue weighted by atomic mass is 32.1. The van der Waals surface area contributed by atoms with Crippen LogP contribution in [0.15, 0.2) is 42.0 Å². The molecule has 0 aliphatic rings. The number of benzene rings is 1. The number of Topliss-reactive ketones (excluding diaryl/α,β-unsaturated/α-hetero) is 1. The predicted molar refractivity (Wildman–Crippen MR) is 74.1 cm³/mol. The van der Waals surface area contributed by atoms with Crippen molar-refractivity contribution in [3.8, 4) is 5.75 Å². The van der Waals surface area contributed by atoms with Crippen LogP contribution in [0.1, 0.15) is 16.1 Å². The van der Waals surface area contributed by atoms with Gasteiger partial charge < -0.3 is 4.74 Å². The van der Waals surface area contributed by atoms with Gasteiger partial charge >= 0.3 is 0 Å². The van der Waals surface area contributed by atoms with Crippen LogP contribution < -0.4 is 4.74 Å². The third-order valence-electron chi connectivity index (χ3n) is 2.88. The molecule has 3 aromatic rings. The number of carbonyl (C=O) groups excluding carboxylic acids is 1. The summed E-state index contributed by atoms with van der Waals surface area (Å²) in [5.74, 6) is 0.737. The fourth-order valence-corrected chi connectivity index (χ4v) is 2.64. The zero-order valence-corrected chi connectivity index (χ0v) is 11.2. The summed E-state index contributed by atoms with van der Waals surface area (Å²) in [6, 6.07) is 7.19. The number of thiazole rings is 1. The number of nitrogens with zero attached hydrogens (tertiary/aromatic N) is 2. The lowest BCUT2D eigenvalue weighted by Crippen LogP contribution is -2.04. The Labute approximate surface area is 114 Å². The summed E-state index contributed by atoms with van der Waals surface area (Å²) >= 11 is 1.56. The number of aromatic nitrogens is 2. The van der Waals surface area contributed by atoms with E-state index in [0.717, 1.165) is 10.7 Å². The first-order valence-electron chi connectivity index (χ1n) is 5.84. The van der Waals surface area contributed by atoms with Gasteiger partial charge in [-0.25, -0.2) is 4.98 Å². The normalized spacial score (nSPS) is 10.8. The highest BCUT2D eigenvalue weighted by Crippen LogP contribution is 2.16. The molecule has 5 heteroatoms. The quantitative estimate of drug-likeness (QED) is 0.686. The van der Waals surface area contributed by atoms with E-state index in [1.165, 1.54) is 0 Å². The van der Waals surface area contributed by atoms with Crippen molar-refractivity contribution in [1.82, 2.24) is 9.38 Å². The van der Waals surface area contributed by atoms with Crippen LogP contribution in [0, 0.1) is 0 Å². The monoisotopic (exact) mass is 272 g/mol. The summed E-state index contributed by atoms with van der Waals surface area (Å²) in [5.41, 5.74) is 1.44. The highest BCUT2D eigenvalue weighted by Gasteiger charge is 2.11. The Bertz CT molecular complexity index is 701. The number of rotatable bonds is 4. The number of ketones is 1. The molecule has 0 N–H and O–H groups in total. The van der Waals surface area contributed by atoms with Gasteiger partial charge in [-0.05, 0) is 12.1 Å². The van der Waals surface area contributed by atoms with Gasteiger partial charge in [-0.1, -0.05) is 12.1 Å². The molecule has 4 nitrogen and oxygen atoms in total.